The Morgan fingerprint density at radius 1 is 1.53 bits per heavy atom. The van der Waals surface area contributed by atoms with Gasteiger partial charge >= 0.3 is 5.97 Å². The number of likely N-dealkylation sites (N-methyl/N-ethyl adjacent to an activating group) is 1. The molecule has 0 aliphatic heterocycles. The lowest BCUT2D eigenvalue weighted by Gasteiger charge is -2.24. The molecule has 0 amide bonds. The number of phenolic OH excluding ortho intramolecular Hbond substituents is 1. The van der Waals surface area contributed by atoms with E-state index in [0.29, 0.717) is 23.6 Å². The molecule has 5 heteroatoms. The Morgan fingerprint density at radius 2 is 2.18 bits per heavy atom. The van der Waals surface area contributed by atoms with Gasteiger partial charge in [-0.3, -0.25) is 9.69 Å². The van der Waals surface area contributed by atoms with Gasteiger partial charge in [-0.25, -0.2) is 0 Å². The Labute approximate surface area is 105 Å². The molecule has 0 heterocycles. The minimum absolute atomic E-state index is 0.0876. The van der Waals surface area contributed by atoms with Crippen molar-refractivity contribution < 1.29 is 15.0 Å². The highest BCUT2D eigenvalue weighted by atomic mass is 35.5. The standard InChI is InChI=1S/C12H16ClNO3/c1-3-10(12(16)17)14(2)7-8-9(13)5-4-6-11(8)15/h4-6,10,15H,3,7H2,1-2H3,(H,16,17). The predicted octanol–water partition coefficient (Wildman–Crippen LogP) is 2.34. The summed E-state index contributed by atoms with van der Waals surface area (Å²) in [6.07, 6.45) is 0.497. The Hall–Kier alpha value is -1.26. The number of nitrogens with zero attached hydrogens (tertiary/aromatic N) is 1. The number of aromatic hydroxyl groups is 1. The number of hydrogen-bond acceptors (Lipinski definition) is 3. The summed E-state index contributed by atoms with van der Waals surface area (Å²) in [7, 11) is 1.70. The van der Waals surface area contributed by atoms with E-state index in [0.717, 1.165) is 0 Å². The third kappa shape index (κ3) is 3.35. The van der Waals surface area contributed by atoms with Gasteiger partial charge in [-0.15, -0.1) is 0 Å². The first kappa shape index (κ1) is 13.8. The Balaban J connectivity index is 2.87. The molecule has 2 N–H and O–H groups in total. The van der Waals surface area contributed by atoms with Crippen LogP contribution in [0.2, 0.25) is 5.02 Å². The zero-order chi connectivity index (χ0) is 13.0. The van der Waals surface area contributed by atoms with Gasteiger partial charge in [-0.2, -0.15) is 0 Å². The van der Waals surface area contributed by atoms with Gasteiger partial charge in [0, 0.05) is 17.1 Å². The van der Waals surface area contributed by atoms with Crippen molar-refractivity contribution in [1.82, 2.24) is 4.90 Å². The first-order valence-electron chi connectivity index (χ1n) is 5.36. The summed E-state index contributed by atoms with van der Waals surface area (Å²) in [6.45, 7) is 2.11. The second-order valence-corrected chi connectivity index (χ2v) is 4.32. The number of benzene rings is 1. The Morgan fingerprint density at radius 3 is 2.65 bits per heavy atom. The molecular weight excluding hydrogens is 242 g/mol. The molecule has 1 aromatic rings. The van der Waals surface area contributed by atoms with Crippen molar-refractivity contribution in [2.24, 2.45) is 0 Å². The van der Waals surface area contributed by atoms with Crippen molar-refractivity contribution in [3.8, 4) is 5.75 Å². The molecule has 1 rings (SSSR count). The van der Waals surface area contributed by atoms with Crippen LogP contribution in [0, 0.1) is 0 Å². The Bertz CT molecular complexity index is 388. The van der Waals surface area contributed by atoms with Gasteiger partial charge in [0.25, 0.3) is 0 Å². The number of aliphatic carboxylic acids is 1. The summed E-state index contributed by atoms with van der Waals surface area (Å²) in [4.78, 5) is 12.7. The molecule has 1 aromatic carbocycles. The fraction of sp³-hybridized carbons (Fsp3) is 0.417. The molecule has 0 bridgehead atoms. The van der Waals surface area contributed by atoms with Gasteiger partial charge in [0.15, 0.2) is 0 Å². The van der Waals surface area contributed by atoms with Crippen LogP contribution < -0.4 is 0 Å². The largest absolute Gasteiger partial charge is 0.508 e. The van der Waals surface area contributed by atoms with Gasteiger partial charge in [0.2, 0.25) is 0 Å². The summed E-state index contributed by atoms with van der Waals surface area (Å²) in [5.74, 6) is -0.786. The average molecular weight is 258 g/mol. The topological polar surface area (TPSA) is 60.8 Å². The van der Waals surface area contributed by atoms with Crippen LogP contribution in [0.15, 0.2) is 18.2 Å². The highest BCUT2D eigenvalue weighted by molar-refractivity contribution is 6.31. The lowest BCUT2D eigenvalue weighted by molar-refractivity contribution is -0.143. The van der Waals surface area contributed by atoms with Crippen LogP contribution in [-0.2, 0) is 11.3 Å². The molecule has 1 unspecified atom stereocenters. The lowest BCUT2D eigenvalue weighted by Crippen LogP contribution is -2.37. The third-order valence-electron chi connectivity index (χ3n) is 2.71. The van der Waals surface area contributed by atoms with Crippen molar-refractivity contribution in [3.63, 3.8) is 0 Å². The molecule has 0 aromatic heterocycles. The summed E-state index contributed by atoms with van der Waals surface area (Å²) >= 11 is 5.97. The van der Waals surface area contributed by atoms with Crippen LogP contribution >= 0.6 is 11.6 Å². The number of halogens is 1. The van der Waals surface area contributed by atoms with Gasteiger partial charge in [-0.05, 0) is 25.6 Å². The molecule has 1 atom stereocenters. The minimum atomic E-state index is -0.874. The van der Waals surface area contributed by atoms with Gasteiger partial charge in [-0.1, -0.05) is 24.6 Å². The lowest BCUT2D eigenvalue weighted by atomic mass is 10.1. The highest BCUT2D eigenvalue weighted by Crippen LogP contribution is 2.27. The summed E-state index contributed by atoms with van der Waals surface area (Å²) in [5, 5.41) is 19.1. The monoisotopic (exact) mass is 257 g/mol. The van der Waals surface area contributed by atoms with E-state index in [1.54, 1.807) is 24.1 Å². The molecule has 0 saturated carbocycles. The van der Waals surface area contributed by atoms with Crippen molar-refractivity contribution >= 4 is 17.6 Å². The van der Waals surface area contributed by atoms with Crippen molar-refractivity contribution in [2.45, 2.75) is 25.9 Å². The average Bonchev–Trinajstić information content (AvgIpc) is 2.24. The number of hydrogen-bond donors (Lipinski definition) is 2. The second kappa shape index (κ2) is 5.89. The minimum Gasteiger partial charge on any atom is -0.508 e. The number of carbonyl (C=O) groups is 1. The maximum Gasteiger partial charge on any atom is 0.320 e. The maximum absolute atomic E-state index is 11.0. The summed E-state index contributed by atoms with van der Waals surface area (Å²) in [5.41, 5.74) is 0.552. The van der Waals surface area contributed by atoms with E-state index in [4.69, 9.17) is 16.7 Å². The SMILES string of the molecule is CCC(C(=O)O)N(C)Cc1c(O)cccc1Cl. The maximum atomic E-state index is 11.0. The smallest absolute Gasteiger partial charge is 0.320 e. The fourth-order valence-corrected chi connectivity index (χ4v) is 1.97. The molecule has 0 aliphatic carbocycles. The van der Waals surface area contributed by atoms with Gasteiger partial charge in [0.1, 0.15) is 11.8 Å². The van der Waals surface area contributed by atoms with E-state index in [2.05, 4.69) is 0 Å². The van der Waals surface area contributed by atoms with Crippen LogP contribution in [0.3, 0.4) is 0 Å². The molecular formula is C12H16ClNO3. The normalized spacial score (nSPS) is 12.7. The molecule has 94 valence electrons. The molecule has 17 heavy (non-hydrogen) atoms. The summed E-state index contributed by atoms with van der Waals surface area (Å²) in [6, 6.07) is 4.28. The number of phenols is 1. The van der Waals surface area contributed by atoms with E-state index in [9.17, 15) is 9.90 Å². The fourth-order valence-electron chi connectivity index (χ4n) is 1.74. The van der Waals surface area contributed by atoms with E-state index in [1.807, 2.05) is 6.92 Å². The molecule has 0 saturated heterocycles. The highest BCUT2D eigenvalue weighted by Gasteiger charge is 2.21. The number of carboxylic acids is 1. The van der Waals surface area contributed by atoms with E-state index in [-0.39, 0.29) is 5.75 Å². The summed E-state index contributed by atoms with van der Waals surface area (Å²) < 4.78 is 0. The quantitative estimate of drug-likeness (QED) is 0.850. The van der Waals surface area contributed by atoms with Crippen LogP contribution in [0.1, 0.15) is 18.9 Å². The molecule has 0 radical (unpaired) electrons. The zero-order valence-corrected chi connectivity index (χ0v) is 10.6. The predicted molar refractivity (Wildman–Crippen MR) is 66.3 cm³/mol. The number of rotatable bonds is 5. The van der Waals surface area contributed by atoms with Crippen molar-refractivity contribution in [1.29, 1.82) is 0 Å². The first-order valence-corrected chi connectivity index (χ1v) is 5.74. The Kier molecular flexibility index (Phi) is 4.78. The van der Waals surface area contributed by atoms with Gasteiger partial charge < -0.3 is 10.2 Å². The van der Waals surface area contributed by atoms with Crippen LogP contribution in [0.5, 0.6) is 5.75 Å². The zero-order valence-electron chi connectivity index (χ0n) is 9.85. The van der Waals surface area contributed by atoms with Crippen molar-refractivity contribution in [3.05, 3.63) is 28.8 Å². The number of carboxylic acid groups (broad SMARTS) is 1. The van der Waals surface area contributed by atoms with Crippen molar-refractivity contribution in [2.75, 3.05) is 7.05 Å². The van der Waals surface area contributed by atoms with E-state index >= 15 is 0 Å². The van der Waals surface area contributed by atoms with Crippen LogP contribution in [-0.4, -0.2) is 34.2 Å². The molecule has 0 spiro atoms. The molecule has 0 aliphatic rings. The molecule has 0 fully saturated rings. The third-order valence-corrected chi connectivity index (χ3v) is 3.06. The van der Waals surface area contributed by atoms with Gasteiger partial charge in [0.05, 0.1) is 0 Å². The van der Waals surface area contributed by atoms with Crippen LogP contribution in [0.4, 0.5) is 0 Å². The first-order chi connectivity index (χ1) is 7.97. The van der Waals surface area contributed by atoms with Crippen LogP contribution in [0.25, 0.3) is 0 Å². The van der Waals surface area contributed by atoms with E-state index in [1.165, 1.54) is 6.07 Å². The molecule has 4 nitrogen and oxygen atoms in total. The van der Waals surface area contributed by atoms with E-state index < -0.39 is 12.0 Å². The second-order valence-electron chi connectivity index (χ2n) is 3.91.